The third-order valence-corrected chi connectivity index (χ3v) is 7.42. The number of aromatic nitrogens is 1. The van der Waals surface area contributed by atoms with Crippen LogP contribution in [-0.4, -0.2) is 68.8 Å². The van der Waals surface area contributed by atoms with Crippen molar-refractivity contribution in [3.63, 3.8) is 0 Å². The van der Waals surface area contributed by atoms with E-state index in [4.69, 9.17) is 9.47 Å². The van der Waals surface area contributed by atoms with Gasteiger partial charge in [-0.1, -0.05) is 0 Å². The maximum absolute atomic E-state index is 13.0. The standard InChI is InChI=1S/C20H25N3O6S/c1-22-13-17(20(25)21-12-14-3-2-8-29-14)19(24)16-11-15(4-5-18(16)22)30(26,27)23-6-9-28-10-7-23/h4-5,11,13-14H,2-3,6-10,12H2,1H3,(H,21,25). The summed E-state index contributed by atoms with van der Waals surface area (Å²) in [7, 11) is -2.03. The van der Waals surface area contributed by atoms with E-state index in [0.717, 1.165) is 12.8 Å². The Morgan fingerprint density at radius 3 is 2.70 bits per heavy atom. The molecule has 2 aliphatic rings. The first-order valence-electron chi connectivity index (χ1n) is 9.99. The molecule has 0 spiro atoms. The van der Waals surface area contributed by atoms with Gasteiger partial charge in [0, 0.05) is 44.9 Å². The topological polar surface area (TPSA) is 107 Å². The van der Waals surface area contributed by atoms with Crippen molar-refractivity contribution in [2.45, 2.75) is 23.8 Å². The van der Waals surface area contributed by atoms with Crippen molar-refractivity contribution >= 4 is 26.8 Å². The number of benzene rings is 1. The smallest absolute Gasteiger partial charge is 0.256 e. The zero-order chi connectivity index (χ0) is 21.3. The molecule has 3 heterocycles. The Hall–Kier alpha value is -2.27. The van der Waals surface area contributed by atoms with Crippen molar-refractivity contribution in [3.8, 4) is 0 Å². The lowest BCUT2D eigenvalue weighted by molar-refractivity contribution is 0.0730. The molecule has 1 aromatic carbocycles. The fraction of sp³-hybridized carbons (Fsp3) is 0.500. The summed E-state index contributed by atoms with van der Waals surface area (Å²) in [5, 5.41) is 2.94. The Bertz CT molecular complexity index is 1120. The Balaban J connectivity index is 1.67. The second kappa shape index (κ2) is 8.46. The molecule has 1 aromatic heterocycles. The molecule has 1 unspecified atom stereocenters. The molecule has 0 radical (unpaired) electrons. The van der Waals surface area contributed by atoms with Crippen molar-refractivity contribution in [1.82, 2.24) is 14.2 Å². The first kappa shape index (κ1) is 21.0. The number of morpholine rings is 1. The normalized spacial score (nSPS) is 20.5. The van der Waals surface area contributed by atoms with E-state index in [1.165, 1.54) is 22.6 Å². The molecule has 1 N–H and O–H groups in total. The Kier molecular flexibility index (Phi) is 5.92. The first-order chi connectivity index (χ1) is 14.4. The predicted molar refractivity (Wildman–Crippen MR) is 110 cm³/mol. The van der Waals surface area contributed by atoms with Crippen LogP contribution in [0.4, 0.5) is 0 Å². The Morgan fingerprint density at radius 2 is 2.00 bits per heavy atom. The summed E-state index contributed by atoms with van der Waals surface area (Å²) in [6, 6.07) is 4.45. The molecule has 10 heteroatoms. The van der Waals surface area contributed by atoms with Crippen LogP contribution < -0.4 is 10.7 Å². The number of nitrogens with zero attached hydrogens (tertiary/aromatic N) is 2. The number of ether oxygens (including phenoxy) is 2. The number of sulfonamides is 1. The van der Waals surface area contributed by atoms with Crippen LogP contribution in [0.5, 0.6) is 0 Å². The average Bonchev–Trinajstić information content (AvgIpc) is 3.28. The quantitative estimate of drug-likeness (QED) is 0.732. The molecule has 2 aliphatic heterocycles. The van der Waals surface area contributed by atoms with E-state index in [1.54, 1.807) is 17.7 Å². The molecule has 0 bridgehead atoms. The molecule has 0 saturated carbocycles. The van der Waals surface area contributed by atoms with Crippen LogP contribution in [0.1, 0.15) is 23.2 Å². The van der Waals surface area contributed by atoms with E-state index in [9.17, 15) is 18.0 Å². The lowest BCUT2D eigenvalue weighted by atomic mass is 10.1. The van der Waals surface area contributed by atoms with E-state index in [2.05, 4.69) is 5.32 Å². The van der Waals surface area contributed by atoms with E-state index in [-0.39, 0.29) is 35.0 Å². The first-order valence-corrected chi connectivity index (χ1v) is 11.4. The highest BCUT2D eigenvalue weighted by molar-refractivity contribution is 7.89. The summed E-state index contributed by atoms with van der Waals surface area (Å²) >= 11 is 0. The molecule has 2 aromatic rings. The Morgan fingerprint density at radius 1 is 1.23 bits per heavy atom. The van der Waals surface area contributed by atoms with Gasteiger partial charge in [0.2, 0.25) is 15.5 Å². The minimum atomic E-state index is -3.75. The van der Waals surface area contributed by atoms with Crippen molar-refractivity contribution in [2.24, 2.45) is 7.05 Å². The molecule has 2 fully saturated rings. The molecule has 30 heavy (non-hydrogen) atoms. The number of nitrogens with one attached hydrogen (secondary N) is 1. The third-order valence-electron chi connectivity index (χ3n) is 5.53. The maximum Gasteiger partial charge on any atom is 0.256 e. The number of pyridine rings is 1. The summed E-state index contributed by atoms with van der Waals surface area (Å²) < 4.78 is 39.7. The van der Waals surface area contributed by atoms with Crippen molar-refractivity contribution < 1.29 is 22.7 Å². The number of hydrogen-bond acceptors (Lipinski definition) is 6. The average molecular weight is 436 g/mol. The highest BCUT2D eigenvalue weighted by Gasteiger charge is 2.27. The summed E-state index contributed by atoms with van der Waals surface area (Å²) in [5.41, 5.74) is 0.0347. The van der Waals surface area contributed by atoms with Crippen LogP contribution in [0.15, 0.2) is 34.1 Å². The van der Waals surface area contributed by atoms with Crippen LogP contribution in [0.3, 0.4) is 0 Å². The van der Waals surface area contributed by atoms with E-state index in [1.807, 2.05) is 0 Å². The van der Waals surface area contributed by atoms with Gasteiger partial charge in [-0.25, -0.2) is 8.42 Å². The predicted octanol–water partition coefficient (Wildman–Crippen LogP) is 0.468. The molecule has 0 aliphatic carbocycles. The van der Waals surface area contributed by atoms with Crippen LogP contribution in [0.25, 0.3) is 10.9 Å². The van der Waals surface area contributed by atoms with E-state index in [0.29, 0.717) is 31.9 Å². The van der Waals surface area contributed by atoms with Gasteiger partial charge < -0.3 is 19.4 Å². The van der Waals surface area contributed by atoms with Gasteiger partial charge in [0.05, 0.1) is 29.7 Å². The van der Waals surface area contributed by atoms with Crippen molar-refractivity contribution in [1.29, 1.82) is 0 Å². The largest absolute Gasteiger partial charge is 0.379 e. The fourth-order valence-electron chi connectivity index (χ4n) is 3.84. The maximum atomic E-state index is 13.0. The van der Waals surface area contributed by atoms with Crippen LogP contribution in [0.2, 0.25) is 0 Å². The minimum Gasteiger partial charge on any atom is -0.379 e. The van der Waals surface area contributed by atoms with Gasteiger partial charge in [-0.05, 0) is 31.0 Å². The number of rotatable bonds is 5. The van der Waals surface area contributed by atoms with Crippen LogP contribution in [0, 0.1) is 0 Å². The lowest BCUT2D eigenvalue weighted by Crippen LogP contribution is -2.40. The zero-order valence-electron chi connectivity index (χ0n) is 16.8. The third kappa shape index (κ3) is 4.00. The monoisotopic (exact) mass is 435 g/mol. The van der Waals surface area contributed by atoms with Crippen molar-refractivity contribution in [3.05, 3.63) is 40.2 Å². The van der Waals surface area contributed by atoms with Crippen molar-refractivity contribution in [2.75, 3.05) is 39.5 Å². The molecule has 4 rings (SSSR count). The number of hydrogen-bond donors (Lipinski definition) is 1. The van der Waals surface area contributed by atoms with Crippen LogP contribution >= 0.6 is 0 Å². The highest BCUT2D eigenvalue weighted by atomic mass is 32.2. The summed E-state index contributed by atoms with van der Waals surface area (Å²) in [5.74, 6) is -0.491. The van der Waals surface area contributed by atoms with Gasteiger partial charge in [0.1, 0.15) is 5.56 Å². The number of carbonyl (C=O) groups is 1. The molecular formula is C20H25N3O6S. The van der Waals surface area contributed by atoms with Gasteiger partial charge in [-0.15, -0.1) is 0 Å². The molecule has 1 atom stereocenters. The Labute approximate surface area is 174 Å². The van der Waals surface area contributed by atoms with Crippen LogP contribution in [-0.2, 0) is 26.5 Å². The molecule has 2 saturated heterocycles. The molecular weight excluding hydrogens is 410 g/mol. The van der Waals surface area contributed by atoms with Gasteiger partial charge in [-0.2, -0.15) is 4.31 Å². The molecule has 162 valence electrons. The SMILES string of the molecule is Cn1cc(C(=O)NCC2CCCO2)c(=O)c2cc(S(=O)(=O)N3CCOCC3)ccc21. The van der Waals surface area contributed by atoms with Gasteiger partial charge in [0.25, 0.3) is 5.91 Å². The molecule has 1 amide bonds. The summed E-state index contributed by atoms with van der Waals surface area (Å²) in [4.78, 5) is 25.7. The van der Waals surface area contributed by atoms with Gasteiger partial charge in [-0.3, -0.25) is 9.59 Å². The second-order valence-electron chi connectivity index (χ2n) is 7.52. The lowest BCUT2D eigenvalue weighted by Gasteiger charge is -2.26. The minimum absolute atomic E-state index is 0.0242. The fourth-order valence-corrected chi connectivity index (χ4v) is 5.27. The molecule has 9 nitrogen and oxygen atoms in total. The van der Waals surface area contributed by atoms with E-state index < -0.39 is 21.4 Å². The number of carbonyl (C=O) groups excluding carboxylic acids is 1. The highest BCUT2D eigenvalue weighted by Crippen LogP contribution is 2.21. The summed E-state index contributed by atoms with van der Waals surface area (Å²) in [6.45, 7) is 2.23. The van der Waals surface area contributed by atoms with Gasteiger partial charge in [0.15, 0.2) is 0 Å². The summed E-state index contributed by atoms with van der Waals surface area (Å²) in [6.07, 6.45) is 3.27. The number of fused-ring (bicyclic) bond motifs is 1. The zero-order valence-corrected chi connectivity index (χ0v) is 17.6. The number of aryl methyl sites for hydroxylation is 1. The number of amides is 1. The van der Waals surface area contributed by atoms with Gasteiger partial charge >= 0.3 is 0 Å². The second-order valence-corrected chi connectivity index (χ2v) is 9.46. The van der Waals surface area contributed by atoms with E-state index >= 15 is 0 Å².